The number of hydrogen-bond acceptors (Lipinski definition) is 4. The van der Waals surface area contributed by atoms with E-state index >= 15 is 0 Å². The molecule has 0 radical (unpaired) electrons. The third kappa shape index (κ3) is 1.82. The zero-order valence-corrected chi connectivity index (χ0v) is 10.1. The van der Waals surface area contributed by atoms with Crippen LogP contribution in [-0.2, 0) is 0 Å². The lowest BCUT2D eigenvalue weighted by molar-refractivity contribution is 0.393. The van der Waals surface area contributed by atoms with Crippen molar-refractivity contribution in [3.05, 3.63) is 35.4 Å². The fourth-order valence-electron chi connectivity index (χ4n) is 1.82. The molecule has 0 saturated heterocycles. The fraction of sp³-hybridized carbons (Fsp3) is 0.143. The molecule has 2 aromatic rings. The largest absolute Gasteiger partial charge is 0.508 e. The third-order valence-corrected chi connectivity index (χ3v) is 3.00. The van der Waals surface area contributed by atoms with Gasteiger partial charge in [0, 0.05) is 11.1 Å². The molecule has 0 fully saturated rings. The predicted molar refractivity (Wildman–Crippen MR) is 68.0 cm³/mol. The predicted octanol–water partition coefficient (Wildman–Crippen LogP) is 2.79. The second-order valence-electron chi connectivity index (χ2n) is 4.27. The number of aryl methyl sites for hydroxylation is 1. The third-order valence-electron chi connectivity index (χ3n) is 3.00. The van der Waals surface area contributed by atoms with E-state index in [1.54, 1.807) is 19.1 Å². The van der Waals surface area contributed by atoms with Gasteiger partial charge in [-0.3, -0.25) is 0 Å². The number of phenols is 4. The Balaban J connectivity index is 2.67. The molecule has 18 heavy (non-hydrogen) atoms. The Morgan fingerprint density at radius 1 is 0.778 bits per heavy atom. The summed E-state index contributed by atoms with van der Waals surface area (Å²) in [6, 6.07) is 6.14. The van der Waals surface area contributed by atoms with Crippen molar-refractivity contribution >= 4 is 0 Å². The Labute approximate surface area is 104 Å². The number of hydrogen-bond donors (Lipinski definition) is 4. The lowest BCUT2D eigenvalue weighted by Crippen LogP contribution is -1.86. The topological polar surface area (TPSA) is 80.9 Å². The lowest BCUT2D eigenvalue weighted by Gasteiger charge is -2.11. The van der Waals surface area contributed by atoms with Gasteiger partial charge >= 0.3 is 0 Å². The second kappa shape index (κ2) is 4.14. The van der Waals surface area contributed by atoms with Crippen molar-refractivity contribution in [3.8, 4) is 34.1 Å². The summed E-state index contributed by atoms with van der Waals surface area (Å²) >= 11 is 0. The minimum Gasteiger partial charge on any atom is -0.508 e. The molecular weight excluding hydrogens is 232 g/mol. The van der Waals surface area contributed by atoms with Crippen LogP contribution in [0.4, 0.5) is 0 Å². The van der Waals surface area contributed by atoms with Crippen LogP contribution < -0.4 is 0 Å². The molecule has 0 aliphatic carbocycles. The summed E-state index contributed by atoms with van der Waals surface area (Å²) in [5.41, 5.74) is 1.94. The summed E-state index contributed by atoms with van der Waals surface area (Å²) in [5, 5.41) is 38.5. The minimum absolute atomic E-state index is 0.0876. The van der Waals surface area contributed by atoms with E-state index in [0.717, 1.165) is 0 Å². The Morgan fingerprint density at radius 2 is 1.44 bits per heavy atom. The van der Waals surface area contributed by atoms with Gasteiger partial charge in [-0.2, -0.15) is 0 Å². The van der Waals surface area contributed by atoms with Crippen LogP contribution in [0.2, 0.25) is 0 Å². The van der Waals surface area contributed by atoms with Crippen molar-refractivity contribution in [2.75, 3.05) is 0 Å². The zero-order valence-electron chi connectivity index (χ0n) is 10.1. The summed E-state index contributed by atoms with van der Waals surface area (Å²) in [6.45, 7) is 3.25. The van der Waals surface area contributed by atoms with Gasteiger partial charge in [0.1, 0.15) is 11.5 Å². The Hall–Kier alpha value is -2.36. The maximum absolute atomic E-state index is 9.98. The van der Waals surface area contributed by atoms with Crippen LogP contribution in [0.5, 0.6) is 23.0 Å². The lowest BCUT2D eigenvalue weighted by atomic mass is 9.99. The highest BCUT2D eigenvalue weighted by Gasteiger charge is 2.15. The summed E-state index contributed by atoms with van der Waals surface area (Å²) in [7, 11) is 0. The number of aromatic hydroxyl groups is 4. The van der Waals surface area contributed by atoms with Crippen molar-refractivity contribution in [2.24, 2.45) is 0 Å². The van der Waals surface area contributed by atoms with Crippen LogP contribution in [0, 0.1) is 13.8 Å². The smallest absolute Gasteiger partial charge is 0.164 e. The van der Waals surface area contributed by atoms with Crippen molar-refractivity contribution in [1.82, 2.24) is 0 Å². The summed E-state index contributed by atoms with van der Waals surface area (Å²) < 4.78 is 0. The van der Waals surface area contributed by atoms with Gasteiger partial charge in [-0.05, 0) is 43.2 Å². The van der Waals surface area contributed by atoms with Gasteiger partial charge in [0.05, 0.1) is 0 Å². The minimum atomic E-state index is -0.327. The van der Waals surface area contributed by atoms with Crippen molar-refractivity contribution in [1.29, 1.82) is 0 Å². The molecule has 4 N–H and O–H groups in total. The molecule has 0 amide bonds. The van der Waals surface area contributed by atoms with Crippen molar-refractivity contribution in [3.63, 3.8) is 0 Å². The molecule has 2 rings (SSSR count). The van der Waals surface area contributed by atoms with Crippen molar-refractivity contribution < 1.29 is 20.4 Å². The van der Waals surface area contributed by atoms with Gasteiger partial charge in [0.25, 0.3) is 0 Å². The quantitative estimate of drug-likeness (QED) is 0.460. The van der Waals surface area contributed by atoms with Gasteiger partial charge in [0.15, 0.2) is 11.5 Å². The monoisotopic (exact) mass is 246 g/mol. The molecule has 0 aliphatic rings. The Kier molecular flexibility index (Phi) is 2.79. The van der Waals surface area contributed by atoms with Crippen molar-refractivity contribution in [2.45, 2.75) is 13.8 Å². The number of rotatable bonds is 1. The molecule has 0 spiro atoms. The summed E-state index contributed by atoms with van der Waals surface area (Å²) in [6.07, 6.45) is 0. The van der Waals surface area contributed by atoms with Crippen LogP contribution >= 0.6 is 0 Å². The van der Waals surface area contributed by atoms with Gasteiger partial charge in [-0.25, -0.2) is 0 Å². The highest BCUT2D eigenvalue weighted by Crippen LogP contribution is 2.42. The first-order chi connectivity index (χ1) is 8.41. The van der Waals surface area contributed by atoms with Gasteiger partial charge in [-0.15, -0.1) is 0 Å². The average Bonchev–Trinajstić information content (AvgIpc) is 2.35. The molecule has 0 heterocycles. The SMILES string of the molecule is Cc1cc(-c2cc(O)c(O)c(C)c2O)ccc1O. The maximum atomic E-state index is 9.98. The molecule has 2 aromatic carbocycles. The zero-order chi connectivity index (χ0) is 13.4. The van der Waals surface area contributed by atoms with E-state index in [4.69, 9.17) is 0 Å². The normalized spacial score (nSPS) is 10.6. The van der Waals surface area contributed by atoms with Gasteiger partial charge < -0.3 is 20.4 Å². The number of phenolic OH excluding ortho intramolecular Hbond substituents is 4. The molecule has 0 saturated carbocycles. The van der Waals surface area contributed by atoms with Crippen LogP contribution in [0.25, 0.3) is 11.1 Å². The second-order valence-corrected chi connectivity index (χ2v) is 4.27. The van der Waals surface area contributed by atoms with Crippen LogP contribution in [0.1, 0.15) is 11.1 Å². The molecule has 94 valence electrons. The van der Waals surface area contributed by atoms with E-state index in [-0.39, 0.29) is 28.6 Å². The Bertz CT molecular complexity index is 618. The highest BCUT2D eigenvalue weighted by atomic mass is 16.3. The first-order valence-corrected chi connectivity index (χ1v) is 5.46. The first kappa shape index (κ1) is 12.1. The first-order valence-electron chi connectivity index (χ1n) is 5.46. The van der Waals surface area contributed by atoms with E-state index in [2.05, 4.69) is 0 Å². The van der Waals surface area contributed by atoms with Crippen LogP contribution in [-0.4, -0.2) is 20.4 Å². The van der Waals surface area contributed by atoms with E-state index in [1.807, 2.05) is 0 Å². The molecule has 4 nitrogen and oxygen atoms in total. The molecule has 0 atom stereocenters. The fourth-order valence-corrected chi connectivity index (χ4v) is 1.82. The van der Waals surface area contributed by atoms with E-state index in [9.17, 15) is 20.4 Å². The molecular formula is C14H14O4. The molecule has 0 aromatic heterocycles. The standard InChI is InChI=1S/C14H14O4/c1-7-5-9(3-4-11(7)15)10-6-12(16)14(18)8(2)13(10)17/h3-6,15-18H,1-2H3. The average molecular weight is 246 g/mol. The summed E-state index contributed by atoms with van der Waals surface area (Å²) in [4.78, 5) is 0. The summed E-state index contributed by atoms with van der Waals surface area (Å²) in [5.74, 6) is -0.536. The molecule has 0 unspecified atom stereocenters. The van der Waals surface area contributed by atoms with Crippen LogP contribution in [0.15, 0.2) is 24.3 Å². The maximum Gasteiger partial charge on any atom is 0.164 e. The number of benzene rings is 2. The Morgan fingerprint density at radius 3 is 2.06 bits per heavy atom. The van der Waals surface area contributed by atoms with Crippen LogP contribution in [0.3, 0.4) is 0 Å². The van der Waals surface area contributed by atoms with E-state index in [1.165, 1.54) is 19.1 Å². The molecule has 0 aliphatic heterocycles. The molecule has 0 bridgehead atoms. The van der Waals surface area contributed by atoms with Gasteiger partial charge in [-0.1, -0.05) is 6.07 Å². The molecule has 4 heteroatoms. The van der Waals surface area contributed by atoms with E-state index < -0.39 is 0 Å². The van der Waals surface area contributed by atoms with Gasteiger partial charge in [0.2, 0.25) is 0 Å². The highest BCUT2D eigenvalue weighted by molar-refractivity contribution is 5.76. The van der Waals surface area contributed by atoms with E-state index in [0.29, 0.717) is 16.7 Å².